The second kappa shape index (κ2) is 5.05. The lowest BCUT2D eigenvalue weighted by Crippen LogP contribution is -2.15. The molecule has 5 heteroatoms. The van der Waals surface area contributed by atoms with Gasteiger partial charge in [-0.3, -0.25) is 0 Å². The van der Waals surface area contributed by atoms with E-state index >= 15 is 0 Å². The molecule has 0 aromatic carbocycles. The molecule has 0 saturated carbocycles. The van der Waals surface area contributed by atoms with Crippen molar-refractivity contribution in [3.8, 4) is 0 Å². The highest BCUT2D eigenvalue weighted by Crippen LogP contribution is 2.11. The Balaban J connectivity index is 1.92. The van der Waals surface area contributed by atoms with Crippen LogP contribution in [0.25, 0.3) is 0 Å². The van der Waals surface area contributed by atoms with Crippen LogP contribution in [-0.2, 0) is 13.1 Å². The average Bonchev–Trinajstić information content (AvgIpc) is 2.61. The predicted octanol–water partition coefficient (Wildman–Crippen LogP) is 1.68. The first-order valence-corrected chi connectivity index (χ1v) is 5.58. The number of aryl methyl sites for hydroxylation is 3. The molecule has 2 heterocycles. The highest BCUT2D eigenvalue weighted by Gasteiger charge is 2.07. The lowest BCUT2D eigenvalue weighted by atomic mass is 10.2. The van der Waals surface area contributed by atoms with Gasteiger partial charge in [0.1, 0.15) is 11.6 Å². The van der Waals surface area contributed by atoms with Gasteiger partial charge in [0.15, 0.2) is 0 Å². The van der Waals surface area contributed by atoms with Gasteiger partial charge in [0, 0.05) is 24.8 Å². The Bertz CT molecular complexity index is 487. The van der Waals surface area contributed by atoms with Crippen molar-refractivity contribution in [3.05, 3.63) is 40.8 Å². The van der Waals surface area contributed by atoms with Crippen LogP contribution < -0.4 is 5.32 Å². The van der Waals surface area contributed by atoms with Crippen molar-refractivity contribution < 1.29 is 4.52 Å². The summed E-state index contributed by atoms with van der Waals surface area (Å²) in [4.78, 5) is 8.39. The molecule has 2 aromatic heterocycles. The summed E-state index contributed by atoms with van der Waals surface area (Å²) < 4.78 is 5.10. The van der Waals surface area contributed by atoms with E-state index in [1.807, 2.05) is 26.8 Å². The van der Waals surface area contributed by atoms with Crippen LogP contribution >= 0.6 is 0 Å². The molecule has 0 aliphatic carbocycles. The molecule has 0 aliphatic rings. The van der Waals surface area contributed by atoms with Crippen molar-refractivity contribution in [2.75, 3.05) is 0 Å². The van der Waals surface area contributed by atoms with Gasteiger partial charge in [-0.1, -0.05) is 5.16 Å². The minimum absolute atomic E-state index is 0.716. The molecule has 5 nitrogen and oxygen atoms in total. The normalized spacial score (nSPS) is 10.8. The van der Waals surface area contributed by atoms with E-state index in [1.54, 1.807) is 6.20 Å². The molecule has 0 unspecified atom stereocenters. The van der Waals surface area contributed by atoms with E-state index in [0.717, 1.165) is 35.1 Å². The van der Waals surface area contributed by atoms with Crippen molar-refractivity contribution >= 4 is 0 Å². The topological polar surface area (TPSA) is 63.8 Å². The van der Waals surface area contributed by atoms with Gasteiger partial charge >= 0.3 is 0 Å². The SMILES string of the molecule is Cc1nccc(CNCc2c(C)noc2C)n1. The van der Waals surface area contributed by atoms with Gasteiger partial charge < -0.3 is 9.84 Å². The van der Waals surface area contributed by atoms with Crippen molar-refractivity contribution in [1.29, 1.82) is 0 Å². The number of nitrogens with zero attached hydrogens (tertiary/aromatic N) is 3. The third kappa shape index (κ3) is 2.88. The summed E-state index contributed by atoms with van der Waals surface area (Å²) >= 11 is 0. The number of hydrogen-bond acceptors (Lipinski definition) is 5. The molecule has 0 atom stereocenters. The Hall–Kier alpha value is -1.75. The summed E-state index contributed by atoms with van der Waals surface area (Å²) in [6, 6.07) is 1.91. The van der Waals surface area contributed by atoms with E-state index in [-0.39, 0.29) is 0 Å². The minimum Gasteiger partial charge on any atom is -0.361 e. The fraction of sp³-hybridized carbons (Fsp3) is 0.417. The summed E-state index contributed by atoms with van der Waals surface area (Å²) in [5.74, 6) is 1.66. The van der Waals surface area contributed by atoms with Crippen molar-refractivity contribution in [2.45, 2.75) is 33.9 Å². The summed E-state index contributed by atoms with van der Waals surface area (Å²) in [5, 5.41) is 7.24. The quantitative estimate of drug-likeness (QED) is 0.868. The Morgan fingerprint density at radius 1 is 1.24 bits per heavy atom. The molecule has 0 radical (unpaired) electrons. The highest BCUT2D eigenvalue weighted by molar-refractivity contribution is 5.20. The van der Waals surface area contributed by atoms with Crippen molar-refractivity contribution in [3.63, 3.8) is 0 Å². The summed E-state index contributed by atoms with van der Waals surface area (Å²) in [5.41, 5.74) is 3.05. The lowest BCUT2D eigenvalue weighted by molar-refractivity contribution is 0.392. The Labute approximate surface area is 100 Å². The predicted molar refractivity (Wildman–Crippen MR) is 63.3 cm³/mol. The first-order chi connectivity index (χ1) is 8.16. The van der Waals surface area contributed by atoms with Gasteiger partial charge in [0.2, 0.25) is 0 Å². The van der Waals surface area contributed by atoms with Crippen molar-refractivity contribution in [1.82, 2.24) is 20.4 Å². The standard InChI is InChI=1S/C12H16N4O/c1-8-12(9(2)17-16-8)7-13-6-11-4-5-14-10(3)15-11/h4-5,13H,6-7H2,1-3H3. The molecular weight excluding hydrogens is 216 g/mol. The van der Waals surface area contributed by atoms with Gasteiger partial charge in [-0.15, -0.1) is 0 Å². The molecule has 0 spiro atoms. The van der Waals surface area contributed by atoms with E-state index in [1.165, 1.54) is 0 Å². The highest BCUT2D eigenvalue weighted by atomic mass is 16.5. The van der Waals surface area contributed by atoms with Crippen LogP contribution in [-0.4, -0.2) is 15.1 Å². The van der Waals surface area contributed by atoms with Crippen LogP contribution in [0.1, 0.15) is 28.5 Å². The minimum atomic E-state index is 0.716. The van der Waals surface area contributed by atoms with Gasteiger partial charge in [-0.2, -0.15) is 0 Å². The van der Waals surface area contributed by atoms with Crippen LogP contribution in [0.2, 0.25) is 0 Å². The second-order valence-electron chi connectivity index (χ2n) is 4.00. The zero-order chi connectivity index (χ0) is 12.3. The third-order valence-corrected chi connectivity index (χ3v) is 2.62. The average molecular weight is 232 g/mol. The molecule has 2 aromatic rings. The molecule has 0 amide bonds. The van der Waals surface area contributed by atoms with E-state index in [4.69, 9.17) is 4.52 Å². The number of rotatable bonds is 4. The molecule has 0 aliphatic heterocycles. The summed E-state index contributed by atoms with van der Waals surface area (Å²) in [6.07, 6.45) is 1.77. The fourth-order valence-corrected chi connectivity index (χ4v) is 1.67. The van der Waals surface area contributed by atoms with Gasteiger partial charge in [0.25, 0.3) is 0 Å². The van der Waals surface area contributed by atoms with E-state index in [2.05, 4.69) is 20.4 Å². The van der Waals surface area contributed by atoms with Crippen molar-refractivity contribution in [2.24, 2.45) is 0 Å². The molecule has 1 N–H and O–H groups in total. The summed E-state index contributed by atoms with van der Waals surface area (Å²) in [7, 11) is 0. The Kier molecular flexibility index (Phi) is 3.49. The zero-order valence-corrected chi connectivity index (χ0v) is 10.3. The van der Waals surface area contributed by atoms with Gasteiger partial charge in [-0.05, 0) is 26.8 Å². The van der Waals surface area contributed by atoms with Crippen LogP contribution in [0, 0.1) is 20.8 Å². The lowest BCUT2D eigenvalue weighted by Gasteiger charge is -2.04. The maximum atomic E-state index is 5.10. The largest absolute Gasteiger partial charge is 0.361 e. The monoisotopic (exact) mass is 232 g/mol. The number of aromatic nitrogens is 3. The fourth-order valence-electron chi connectivity index (χ4n) is 1.67. The second-order valence-corrected chi connectivity index (χ2v) is 4.00. The maximum absolute atomic E-state index is 5.10. The van der Waals surface area contributed by atoms with Crippen LogP contribution in [0.3, 0.4) is 0 Å². The Morgan fingerprint density at radius 3 is 2.71 bits per heavy atom. The first-order valence-electron chi connectivity index (χ1n) is 5.58. The molecule has 90 valence electrons. The van der Waals surface area contributed by atoms with E-state index in [0.29, 0.717) is 6.54 Å². The van der Waals surface area contributed by atoms with Crippen LogP contribution in [0.5, 0.6) is 0 Å². The first kappa shape index (κ1) is 11.7. The molecule has 0 fully saturated rings. The van der Waals surface area contributed by atoms with Crippen LogP contribution in [0.4, 0.5) is 0 Å². The van der Waals surface area contributed by atoms with Gasteiger partial charge in [-0.25, -0.2) is 9.97 Å². The molecule has 0 bridgehead atoms. The Morgan fingerprint density at radius 2 is 2.06 bits per heavy atom. The van der Waals surface area contributed by atoms with E-state index in [9.17, 15) is 0 Å². The van der Waals surface area contributed by atoms with Gasteiger partial charge in [0.05, 0.1) is 11.4 Å². The molecular formula is C12H16N4O. The summed E-state index contributed by atoms with van der Waals surface area (Å²) in [6.45, 7) is 7.21. The smallest absolute Gasteiger partial charge is 0.138 e. The van der Waals surface area contributed by atoms with E-state index < -0.39 is 0 Å². The molecule has 17 heavy (non-hydrogen) atoms. The van der Waals surface area contributed by atoms with Crippen LogP contribution in [0.15, 0.2) is 16.8 Å². The number of nitrogens with one attached hydrogen (secondary N) is 1. The number of hydrogen-bond donors (Lipinski definition) is 1. The molecule has 0 saturated heterocycles. The maximum Gasteiger partial charge on any atom is 0.138 e. The zero-order valence-electron chi connectivity index (χ0n) is 10.3. The third-order valence-electron chi connectivity index (χ3n) is 2.62. The molecule has 2 rings (SSSR count).